The molecular weight excluding hydrogens is 174 g/mol. The van der Waals surface area contributed by atoms with Gasteiger partial charge in [-0.3, -0.25) is 0 Å². The topological polar surface area (TPSA) is 64.9 Å². The zero-order chi connectivity index (χ0) is 8.55. The minimum absolute atomic E-state index is 0.302. The molecule has 1 aromatic carbocycles. The summed E-state index contributed by atoms with van der Waals surface area (Å²) in [6.07, 6.45) is 0. The number of nitrogens with zero attached hydrogens (tertiary/aromatic N) is 2. The van der Waals surface area contributed by atoms with Crippen LogP contribution >= 0.6 is 12.2 Å². The Morgan fingerprint density at radius 2 is 2.25 bits per heavy atom. The van der Waals surface area contributed by atoms with E-state index in [1.165, 1.54) is 0 Å². The van der Waals surface area contributed by atoms with Crippen LogP contribution in [0.3, 0.4) is 0 Å². The molecule has 0 saturated carbocycles. The van der Waals surface area contributed by atoms with Crippen LogP contribution < -0.4 is 5.73 Å². The quantitative estimate of drug-likeness (QED) is 0.657. The van der Waals surface area contributed by atoms with Gasteiger partial charge in [0.15, 0.2) is 0 Å². The SMILES string of the molecule is NC(=S)c1cccc2nonc12. The van der Waals surface area contributed by atoms with Gasteiger partial charge in [0.05, 0.1) is 0 Å². The fraction of sp³-hybridized carbons (Fsp3) is 0. The normalized spacial score (nSPS) is 10.3. The summed E-state index contributed by atoms with van der Waals surface area (Å²) < 4.78 is 4.54. The minimum Gasteiger partial charge on any atom is -0.389 e. The zero-order valence-electron chi connectivity index (χ0n) is 6.02. The summed E-state index contributed by atoms with van der Waals surface area (Å²) in [5.41, 5.74) is 7.44. The second-order valence-corrected chi connectivity index (χ2v) is 2.74. The van der Waals surface area contributed by atoms with E-state index < -0.39 is 0 Å². The summed E-state index contributed by atoms with van der Waals surface area (Å²) in [5.74, 6) is 0. The molecule has 0 aliphatic rings. The predicted molar refractivity (Wildman–Crippen MR) is 47.7 cm³/mol. The van der Waals surface area contributed by atoms with E-state index in [0.29, 0.717) is 21.6 Å². The van der Waals surface area contributed by atoms with Crippen LogP contribution in [0.2, 0.25) is 0 Å². The van der Waals surface area contributed by atoms with Gasteiger partial charge in [-0.2, -0.15) is 0 Å². The number of benzene rings is 1. The summed E-state index contributed by atoms with van der Waals surface area (Å²) in [7, 11) is 0. The smallest absolute Gasteiger partial charge is 0.145 e. The van der Waals surface area contributed by atoms with Crippen molar-refractivity contribution in [2.24, 2.45) is 5.73 Å². The molecule has 0 fully saturated rings. The molecule has 1 aromatic heterocycles. The van der Waals surface area contributed by atoms with Crippen molar-refractivity contribution in [3.8, 4) is 0 Å². The molecule has 2 rings (SSSR count). The van der Waals surface area contributed by atoms with Gasteiger partial charge >= 0.3 is 0 Å². The fourth-order valence-electron chi connectivity index (χ4n) is 1.00. The van der Waals surface area contributed by atoms with Crippen molar-refractivity contribution < 1.29 is 4.63 Å². The maximum absolute atomic E-state index is 5.46. The molecular formula is C7H5N3OS. The maximum atomic E-state index is 5.46. The maximum Gasteiger partial charge on any atom is 0.145 e. The zero-order valence-corrected chi connectivity index (χ0v) is 6.84. The molecule has 0 atom stereocenters. The van der Waals surface area contributed by atoms with Crippen LogP contribution in [0.4, 0.5) is 0 Å². The summed E-state index contributed by atoms with van der Waals surface area (Å²) >= 11 is 4.82. The highest BCUT2D eigenvalue weighted by atomic mass is 32.1. The number of hydrogen-bond acceptors (Lipinski definition) is 4. The molecule has 2 aromatic rings. The van der Waals surface area contributed by atoms with Gasteiger partial charge in [0.2, 0.25) is 0 Å². The lowest BCUT2D eigenvalue weighted by atomic mass is 10.2. The molecule has 0 saturated heterocycles. The third kappa shape index (κ3) is 0.947. The largest absolute Gasteiger partial charge is 0.389 e. The molecule has 1 heterocycles. The summed E-state index contributed by atoms with van der Waals surface area (Å²) in [4.78, 5) is 0.302. The first-order valence-corrected chi connectivity index (χ1v) is 3.71. The van der Waals surface area contributed by atoms with Gasteiger partial charge in [-0.1, -0.05) is 18.3 Å². The number of nitrogens with two attached hydrogens (primary N) is 1. The molecule has 0 bridgehead atoms. The minimum atomic E-state index is 0.302. The molecule has 4 nitrogen and oxygen atoms in total. The van der Waals surface area contributed by atoms with Crippen molar-refractivity contribution in [2.45, 2.75) is 0 Å². The first kappa shape index (κ1) is 7.17. The number of hydrogen-bond donors (Lipinski definition) is 1. The van der Waals surface area contributed by atoms with Gasteiger partial charge in [0.25, 0.3) is 0 Å². The van der Waals surface area contributed by atoms with Gasteiger partial charge in [-0.25, -0.2) is 4.63 Å². The van der Waals surface area contributed by atoms with Crippen LogP contribution in [0.5, 0.6) is 0 Å². The monoisotopic (exact) mass is 179 g/mol. The van der Waals surface area contributed by atoms with E-state index in [1.54, 1.807) is 18.2 Å². The van der Waals surface area contributed by atoms with E-state index in [0.717, 1.165) is 0 Å². The van der Waals surface area contributed by atoms with Gasteiger partial charge in [0, 0.05) is 5.56 Å². The van der Waals surface area contributed by atoms with Crippen LogP contribution in [0.15, 0.2) is 22.8 Å². The van der Waals surface area contributed by atoms with E-state index in [2.05, 4.69) is 14.9 Å². The standard InChI is InChI=1S/C7H5N3OS/c8-7(12)4-2-1-3-5-6(4)10-11-9-5/h1-3H,(H2,8,12). The van der Waals surface area contributed by atoms with E-state index in [1.807, 2.05) is 0 Å². The Morgan fingerprint density at radius 3 is 3.00 bits per heavy atom. The Kier molecular flexibility index (Phi) is 1.51. The molecule has 12 heavy (non-hydrogen) atoms. The van der Waals surface area contributed by atoms with E-state index >= 15 is 0 Å². The van der Waals surface area contributed by atoms with Crippen molar-refractivity contribution in [1.29, 1.82) is 0 Å². The molecule has 5 heteroatoms. The molecule has 0 aliphatic heterocycles. The van der Waals surface area contributed by atoms with Crippen molar-refractivity contribution in [2.75, 3.05) is 0 Å². The molecule has 0 spiro atoms. The van der Waals surface area contributed by atoms with E-state index in [4.69, 9.17) is 18.0 Å². The van der Waals surface area contributed by atoms with E-state index in [9.17, 15) is 0 Å². The second kappa shape index (κ2) is 2.53. The van der Waals surface area contributed by atoms with Crippen LogP contribution in [0.25, 0.3) is 11.0 Å². The third-order valence-electron chi connectivity index (χ3n) is 1.55. The van der Waals surface area contributed by atoms with Crippen LogP contribution in [-0.4, -0.2) is 15.3 Å². The average molecular weight is 179 g/mol. The van der Waals surface area contributed by atoms with Crippen LogP contribution in [-0.2, 0) is 0 Å². The lowest BCUT2D eigenvalue weighted by Gasteiger charge is -1.94. The molecule has 0 amide bonds. The fourth-order valence-corrected chi connectivity index (χ4v) is 1.17. The van der Waals surface area contributed by atoms with Crippen molar-refractivity contribution in [3.05, 3.63) is 23.8 Å². The van der Waals surface area contributed by atoms with Crippen molar-refractivity contribution >= 4 is 28.2 Å². The van der Waals surface area contributed by atoms with Crippen molar-refractivity contribution in [3.63, 3.8) is 0 Å². The molecule has 0 aliphatic carbocycles. The summed E-state index contributed by atoms with van der Waals surface area (Å²) in [5, 5.41) is 7.35. The van der Waals surface area contributed by atoms with Gasteiger partial charge in [-0.15, -0.1) is 0 Å². The van der Waals surface area contributed by atoms with Crippen molar-refractivity contribution in [1.82, 2.24) is 10.3 Å². The number of thiocarbonyl (C=S) groups is 1. The Bertz CT molecular complexity index is 437. The Hall–Kier alpha value is -1.49. The average Bonchev–Trinajstić information content (AvgIpc) is 2.49. The molecule has 2 N–H and O–H groups in total. The first-order valence-electron chi connectivity index (χ1n) is 3.30. The lowest BCUT2D eigenvalue weighted by Crippen LogP contribution is -2.09. The highest BCUT2D eigenvalue weighted by Gasteiger charge is 2.06. The molecule has 0 unspecified atom stereocenters. The lowest BCUT2D eigenvalue weighted by molar-refractivity contribution is 0.315. The van der Waals surface area contributed by atoms with Gasteiger partial charge < -0.3 is 5.73 Å². The Labute approximate surface area is 73.3 Å². The highest BCUT2D eigenvalue weighted by Crippen LogP contribution is 2.13. The second-order valence-electron chi connectivity index (χ2n) is 2.30. The Balaban J connectivity index is 2.82. The Morgan fingerprint density at radius 1 is 1.42 bits per heavy atom. The van der Waals surface area contributed by atoms with Gasteiger partial charge in [-0.05, 0) is 22.4 Å². The third-order valence-corrected chi connectivity index (χ3v) is 1.77. The summed E-state index contributed by atoms with van der Waals surface area (Å²) in [6, 6.07) is 5.38. The number of fused-ring (bicyclic) bond motifs is 1. The van der Waals surface area contributed by atoms with Gasteiger partial charge in [0.1, 0.15) is 16.0 Å². The number of aromatic nitrogens is 2. The first-order chi connectivity index (χ1) is 5.79. The highest BCUT2D eigenvalue weighted by molar-refractivity contribution is 7.80. The molecule has 0 radical (unpaired) electrons. The van der Waals surface area contributed by atoms with E-state index in [-0.39, 0.29) is 0 Å². The van der Waals surface area contributed by atoms with Crippen LogP contribution in [0.1, 0.15) is 5.56 Å². The summed E-state index contributed by atoms with van der Waals surface area (Å²) in [6.45, 7) is 0. The predicted octanol–water partition coefficient (Wildman–Crippen LogP) is 0.857. The number of rotatable bonds is 1. The molecule has 60 valence electrons. The van der Waals surface area contributed by atoms with Crippen LogP contribution in [0, 0.1) is 0 Å².